The molecule has 5 nitrogen and oxygen atoms in total. The number of benzene rings is 3. The molecular weight excluding hydrogens is 517 g/mol. The minimum Gasteiger partial charge on any atom is -0.506 e. The van der Waals surface area contributed by atoms with E-state index in [-0.39, 0.29) is 11.3 Å². The SMILES string of the molecule is O=C(c1ccccc1)N1CCC[C@](CCCN2CCN(c3ccccc3O)CC2)(c2ccc(Cl)c(Cl)c2)C1. The third-order valence-corrected chi connectivity index (χ3v) is 8.88. The van der Waals surface area contributed by atoms with Crippen molar-refractivity contribution in [1.29, 1.82) is 0 Å². The van der Waals surface area contributed by atoms with E-state index in [1.54, 1.807) is 6.07 Å². The molecule has 7 heteroatoms. The Balaban J connectivity index is 1.26. The summed E-state index contributed by atoms with van der Waals surface area (Å²) in [5, 5.41) is 11.3. The van der Waals surface area contributed by atoms with Gasteiger partial charge in [-0.3, -0.25) is 9.69 Å². The van der Waals surface area contributed by atoms with Crippen molar-refractivity contribution < 1.29 is 9.90 Å². The number of carbonyl (C=O) groups excluding carboxylic acids is 1. The molecule has 2 fully saturated rings. The van der Waals surface area contributed by atoms with Gasteiger partial charge in [-0.1, -0.05) is 59.6 Å². The van der Waals surface area contributed by atoms with Gasteiger partial charge in [0.2, 0.25) is 0 Å². The van der Waals surface area contributed by atoms with Crippen molar-refractivity contribution >= 4 is 34.8 Å². The number of hydrogen-bond donors (Lipinski definition) is 1. The Hall–Kier alpha value is -2.73. The monoisotopic (exact) mass is 551 g/mol. The standard InChI is InChI=1S/C31H35Cl2N3O2/c32-26-13-12-25(22-27(26)33)31(15-7-17-36(23-31)30(38)24-8-2-1-3-9-24)14-6-16-34-18-20-35(21-19-34)28-10-4-5-11-29(28)37/h1-5,8-13,22,37H,6-7,14-21,23H2/t31-/m0/s1. The van der Waals surface area contributed by atoms with Gasteiger partial charge in [0.25, 0.3) is 5.91 Å². The van der Waals surface area contributed by atoms with Gasteiger partial charge in [0, 0.05) is 50.2 Å². The average Bonchev–Trinajstić information content (AvgIpc) is 2.95. The molecule has 2 aliphatic rings. The molecular formula is C31H35Cl2N3O2. The highest BCUT2D eigenvalue weighted by Crippen LogP contribution is 2.41. The summed E-state index contributed by atoms with van der Waals surface area (Å²) in [6, 6.07) is 23.1. The number of para-hydroxylation sites is 2. The number of likely N-dealkylation sites (tertiary alicyclic amines) is 1. The molecule has 1 N–H and O–H groups in total. The van der Waals surface area contributed by atoms with Gasteiger partial charge < -0.3 is 14.9 Å². The van der Waals surface area contributed by atoms with Crippen molar-refractivity contribution in [2.75, 3.05) is 50.7 Å². The van der Waals surface area contributed by atoms with Gasteiger partial charge in [-0.15, -0.1) is 0 Å². The third kappa shape index (κ3) is 5.96. The van der Waals surface area contributed by atoms with Gasteiger partial charge >= 0.3 is 0 Å². The summed E-state index contributed by atoms with van der Waals surface area (Å²) in [7, 11) is 0. The van der Waals surface area contributed by atoms with Crippen molar-refractivity contribution in [3.05, 3.63) is 94.0 Å². The molecule has 2 heterocycles. The summed E-state index contributed by atoms with van der Waals surface area (Å²) in [5.41, 5.74) is 2.66. The Labute approximate surface area is 235 Å². The second-order valence-electron chi connectivity index (χ2n) is 10.5. The first-order valence-corrected chi connectivity index (χ1v) is 14.3. The lowest BCUT2D eigenvalue weighted by Gasteiger charge is -2.44. The number of anilines is 1. The highest BCUT2D eigenvalue weighted by molar-refractivity contribution is 6.42. The molecule has 0 radical (unpaired) electrons. The van der Waals surface area contributed by atoms with Crippen molar-refractivity contribution in [2.24, 2.45) is 0 Å². The Morgan fingerprint density at radius 3 is 2.34 bits per heavy atom. The average molecular weight is 553 g/mol. The molecule has 0 bridgehead atoms. The van der Waals surface area contributed by atoms with Gasteiger partial charge in [0.05, 0.1) is 15.7 Å². The molecule has 2 aliphatic heterocycles. The molecule has 1 atom stereocenters. The van der Waals surface area contributed by atoms with E-state index in [0.29, 0.717) is 22.3 Å². The number of hydrogen-bond acceptors (Lipinski definition) is 4. The first-order chi connectivity index (χ1) is 18.4. The van der Waals surface area contributed by atoms with Crippen LogP contribution >= 0.6 is 23.2 Å². The van der Waals surface area contributed by atoms with E-state index in [1.165, 1.54) is 5.56 Å². The number of rotatable bonds is 7. The number of phenols is 1. The number of nitrogens with zero attached hydrogens (tertiary/aromatic N) is 3. The van der Waals surface area contributed by atoms with Crippen LogP contribution in [-0.4, -0.2) is 66.6 Å². The van der Waals surface area contributed by atoms with E-state index in [2.05, 4.69) is 15.9 Å². The number of piperazine rings is 1. The van der Waals surface area contributed by atoms with Crippen LogP contribution < -0.4 is 4.90 Å². The van der Waals surface area contributed by atoms with Gasteiger partial charge in [-0.25, -0.2) is 0 Å². The Kier molecular flexibility index (Phi) is 8.47. The number of halogens is 2. The van der Waals surface area contributed by atoms with Crippen LogP contribution in [0.1, 0.15) is 41.6 Å². The fraction of sp³-hybridized carbons (Fsp3) is 0.387. The summed E-state index contributed by atoms with van der Waals surface area (Å²) in [5.74, 6) is 0.437. The minimum atomic E-state index is -0.158. The van der Waals surface area contributed by atoms with Crippen LogP contribution in [0.15, 0.2) is 72.8 Å². The Morgan fingerprint density at radius 2 is 1.61 bits per heavy atom. The van der Waals surface area contributed by atoms with Crippen LogP contribution in [0.4, 0.5) is 5.69 Å². The number of carbonyl (C=O) groups is 1. The summed E-state index contributed by atoms with van der Waals surface area (Å²) in [6.07, 6.45) is 3.98. The maximum absolute atomic E-state index is 13.4. The van der Waals surface area contributed by atoms with Crippen LogP contribution in [-0.2, 0) is 5.41 Å². The normalized spacial score (nSPS) is 20.5. The van der Waals surface area contributed by atoms with Crippen LogP contribution in [0.2, 0.25) is 10.0 Å². The zero-order valence-corrected chi connectivity index (χ0v) is 23.2. The largest absolute Gasteiger partial charge is 0.506 e. The van der Waals surface area contributed by atoms with E-state index >= 15 is 0 Å². The zero-order valence-electron chi connectivity index (χ0n) is 21.7. The first kappa shape index (κ1) is 26.9. The fourth-order valence-corrected chi connectivity index (χ4v) is 6.36. The van der Waals surface area contributed by atoms with E-state index in [0.717, 1.165) is 76.2 Å². The number of piperidine rings is 1. The molecule has 0 aliphatic carbocycles. The van der Waals surface area contributed by atoms with Crippen molar-refractivity contribution in [3.8, 4) is 5.75 Å². The highest BCUT2D eigenvalue weighted by Gasteiger charge is 2.39. The van der Waals surface area contributed by atoms with Gasteiger partial charge in [-0.05, 0) is 74.2 Å². The second kappa shape index (κ2) is 12.0. The molecule has 3 aromatic rings. The van der Waals surface area contributed by atoms with E-state index in [4.69, 9.17) is 23.2 Å². The lowest BCUT2D eigenvalue weighted by atomic mass is 9.71. The molecule has 0 unspecified atom stereocenters. The minimum absolute atomic E-state index is 0.0926. The topological polar surface area (TPSA) is 47.0 Å². The zero-order chi connectivity index (χ0) is 26.5. The second-order valence-corrected chi connectivity index (χ2v) is 11.3. The molecule has 200 valence electrons. The summed E-state index contributed by atoms with van der Waals surface area (Å²) < 4.78 is 0. The van der Waals surface area contributed by atoms with Crippen molar-refractivity contribution in [2.45, 2.75) is 31.1 Å². The summed E-state index contributed by atoms with van der Waals surface area (Å²) >= 11 is 12.8. The van der Waals surface area contributed by atoms with Crippen LogP contribution in [0.25, 0.3) is 0 Å². The maximum Gasteiger partial charge on any atom is 0.253 e. The molecule has 3 aromatic carbocycles. The molecule has 0 saturated carbocycles. The molecule has 38 heavy (non-hydrogen) atoms. The van der Waals surface area contributed by atoms with Crippen molar-refractivity contribution in [3.63, 3.8) is 0 Å². The molecule has 2 saturated heterocycles. The quantitative estimate of drug-likeness (QED) is 0.365. The van der Waals surface area contributed by atoms with E-state index < -0.39 is 0 Å². The Bertz CT molecular complexity index is 1250. The predicted octanol–water partition coefficient (Wildman–Crippen LogP) is 6.48. The van der Waals surface area contributed by atoms with Gasteiger partial charge in [-0.2, -0.15) is 0 Å². The number of aromatic hydroxyl groups is 1. The van der Waals surface area contributed by atoms with E-state index in [1.807, 2.05) is 65.6 Å². The number of phenolic OH excluding ortho intramolecular Hbond substituents is 1. The maximum atomic E-state index is 13.4. The summed E-state index contributed by atoms with van der Waals surface area (Å²) in [4.78, 5) is 20.2. The highest BCUT2D eigenvalue weighted by atomic mass is 35.5. The van der Waals surface area contributed by atoms with Crippen molar-refractivity contribution in [1.82, 2.24) is 9.80 Å². The lowest BCUT2D eigenvalue weighted by molar-refractivity contribution is 0.0620. The third-order valence-electron chi connectivity index (χ3n) is 8.14. The van der Waals surface area contributed by atoms with Crippen LogP contribution in [0.5, 0.6) is 5.75 Å². The molecule has 1 amide bonds. The van der Waals surface area contributed by atoms with Gasteiger partial charge in [0.1, 0.15) is 5.75 Å². The fourth-order valence-electron chi connectivity index (χ4n) is 6.06. The lowest BCUT2D eigenvalue weighted by Crippen LogP contribution is -2.49. The smallest absolute Gasteiger partial charge is 0.253 e. The Morgan fingerprint density at radius 1 is 0.868 bits per heavy atom. The first-order valence-electron chi connectivity index (χ1n) is 13.5. The van der Waals surface area contributed by atoms with E-state index in [9.17, 15) is 9.90 Å². The molecule has 0 aromatic heterocycles. The summed E-state index contributed by atoms with van der Waals surface area (Å²) in [6.45, 7) is 6.18. The van der Waals surface area contributed by atoms with Crippen LogP contribution in [0.3, 0.4) is 0 Å². The van der Waals surface area contributed by atoms with Crippen LogP contribution in [0, 0.1) is 0 Å². The van der Waals surface area contributed by atoms with Gasteiger partial charge in [0.15, 0.2) is 0 Å². The molecule has 5 rings (SSSR count). The predicted molar refractivity (Wildman–Crippen MR) is 156 cm³/mol. The number of amides is 1. The molecule has 0 spiro atoms.